The molecule has 0 aliphatic carbocycles. The van der Waals surface area contributed by atoms with Gasteiger partial charge in [-0.3, -0.25) is 34.4 Å². The van der Waals surface area contributed by atoms with Gasteiger partial charge in [-0.15, -0.1) is 0 Å². The third-order valence-electron chi connectivity index (χ3n) is 4.09. The van der Waals surface area contributed by atoms with Gasteiger partial charge in [0.2, 0.25) is 11.8 Å². The van der Waals surface area contributed by atoms with Gasteiger partial charge in [0, 0.05) is 23.7 Å². The molecule has 120 valence electrons. The summed E-state index contributed by atoms with van der Waals surface area (Å²) in [5, 5.41) is 2.17. The Hall–Kier alpha value is -2.57. The predicted octanol–water partition coefficient (Wildman–Crippen LogP) is 0.780. The Morgan fingerprint density at radius 3 is 2.39 bits per heavy atom. The summed E-state index contributed by atoms with van der Waals surface area (Å²) < 4.78 is 0. The molecule has 23 heavy (non-hydrogen) atoms. The van der Waals surface area contributed by atoms with Crippen molar-refractivity contribution < 1.29 is 19.2 Å². The summed E-state index contributed by atoms with van der Waals surface area (Å²) in [7, 11) is 0. The molecule has 4 amide bonds. The van der Waals surface area contributed by atoms with E-state index in [0.717, 1.165) is 4.90 Å². The maximum absolute atomic E-state index is 12.6. The molecule has 3 rings (SSSR count). The van der Waals surface area contributed by atoms with E-state index in [0.29, 0.717) is 5.69 Å². The second-order valence-corrected chi connectivity index (χ2v) is 6.81. The quantitative estimate of drug-likeness (QED) is 0.773. The summed E-state index contributed by atoms with van der Waals surface area (Å²) in [6.45, 7) is 5.88. The number of fused-ring (bicyclic) bond motifs is 1. The van der Waals surface area contributed by atoms with Crippen LogP contribution in [-0.2, 0) is 15.0 Å². The Morgan fingerprint density at radius 1 is 1.13 bits per heavy atom. The Kier molecular flexibility index (Phi) is 3.31. The normalized spacial score (nSPS) is 21.5. The van der Waals surface area contributed by atoms with Gasteiger partial charge < -0.3 is 0 Å². The molecule has 1 N–H and O–H groups in total. The van der Waals surface area contributed by atoms with Gasteiger partial charge in [-0.25, -0.2) is 0 Å². The summed E-state index contributed by atoms with van der Waals surface area (Å²) in [5.41, 5.74) is 0.898. The average molecular weight is 315 g/mol. The van der Waals surface area contributed by atoms with Crippen molar-refractivity contribution in [1.82, 2.24) is 15.2 Å². The number of pyridine rings is 1. The van der Waals surface area contributed by atoms with E-state index in [9.17, 15) is 19.2 Å². The first-order valence-electron chi connectivity index (χ1n) is 7.42. The third kappa shape index (κ3) is 2.42. The standard InChI is InChI=1S/C16H17N3O4/c1-16(2,3)11-6-8-9(7-17-11)15(23)19(14(8)22)10-4-5-12(20)18-13(10)21/h6-7,10H,4-5H2,1-3H3,(H,18,20,21). The van der Waals surface area contributed by atoms with Crippen molar-refractivity contribution >= 4 is 23.6 Å². The largest absolute Gasteiger partial charge is 0.295 e. The lowest BCUT2D eigenvalue weighted by Gasteiger charge is -2.27. The van der Waals surface area contributed by atoms with Gasteiger partial charge in [-0.2, -0.15) is 0 Å². The number of hydrogen-bond donors (Lipinski definition) is 1. The molecule has 1 aromatic rings. The lowest BCUT2D eigenvalue weighted by molar-refractivity contribution is -0.136. The maximum atomic E-state index is 12.6. The van der Waals surface area contributed by atoms with Crippen LogP contribution in [0.25, 0.3) is 0 Å². The molecule has 1 aromatic heterocycles. The van der Waals surface area contributed by atoms with Gasteiger partial charge in [0.05, 0.1) is 11.1 Å². The van der Waals surface area contributed by atoms with Crippen molar-refractivity contribution in [2.75, 3.05) is 0 Å². The molecule has 1 unspecified atom stereocenters. The van der Waals surface area contributed by atoms with Crippen LogP contribution in [0.5, 0.6) is 0 Å². The lowest BCUT2D eigenvalue weighted by Crippen LogP contribution is -2.54. The summed E-state index contributed by atoms with van der Waals surface area (Å²) >= 11 is 0. The van der Waals surface area contributed by atoms with E-state index in [-0.39, 0.29) is 35.3 Å². The number of imide groups is 2. The van der Waals surface area contributed by atoms with Gasteiger partial charge in [0.15, 0.2) is 0 Å². The highest BCUT2D eigenvalue weighted by atomic mass is 16.2. The molecule has 7 heteroatoms. The van der Waals surface area contributed by atoms with Crippen molar-refractivity contribution in [2.24, 2.45) is 0 Å². The van der Waals surface area contributed by atoms with Crippen molar-refractivity contribution in [3.05, 3.63) is 29.1 Å². The summed E-state index contributed by atoms with van der Waals surface area (Å²) in [6.07, 6.45) is 1.65. The molecule has 0 radical (unpaired) electrons. The molecule has 7 nitrogen and oxygen atoms in total. The smallest absolute Gasteiger partial charge is 0.263 e. The van der Waals surface area contributed by atoms with Crippen LogP contribution in [0, 0.1) is 0 Å². The van der Waals surface area contributed by atoms with Crippen LogP contribution in [0.2, 0.25) is 0 Å². The Morgan fingerprint density at radius 2 is 1.78 bits per heavy atom. The van der Waals surface area contributed by atoms with E-state index in [1.807, 2.05) is 20.8 Å². The van der Waals surface area contributed by atoms with E-state index in [4.69, 9.17) is 0 Å². The van der Waals surface area contributed by atoms with Crippen LogP contribution in [0.4, 0.5) is 0 Å². The van der Waals surface area contributed by atoms with Crippen LogP contribution in [0.15, 0.2) is 12.3 Å². The van der Waals surface area contributed by atoms with Gasteiger partial charge in [0.25, 0.3) is 11.8 Å². The second-order valence-electron chi connectivity index (χ2n) is 6.81. The number of carbonyl (C=O) groups is 4. The molecule has 0 saturated carbocycles. The van der Waals surface area contributed by atoms with Crippen LogP contribution in [0.1, 0.15) is 60.0 Å². The fourth-order valence-corrected chi connectivity index (χ4v) is 2.78. The number of piperidine rings is 1. The minimum absolute atomic E-state index is 0.106. The second kappa shape index (κ2) is 4.97. The van der Waals surface area contributed by atoms with Crippen molar-refractivity contribution in [2.45, 2.75) is 45.1 Å². The highest BCUT2D eigenvalue weighted by molar-refractivity contribution is 6.23. The topological polar surface area (TPSA) is 96.4 Å². The summed E-state index contributed by atoms with van der Waals surface area (Å²) in [4.78, 5) is 53.5. The van der Waals surface area contributed by atoms with Crippen LogP contribution in [-0.4, -0.2) is 39.6 Å². The van der Waals surface area contributed by atoms with Gasteiger partial charge in [-0.1, -0.05) is 20.8 Å². The van der Waals surface area contributed by atoms with Gasteiger partial charge in [0.1, 0.15) is 6.04 Å². The number of amides is 4. The number of carbonyl (C=O) groups excluding carboxylic acids is 4. The fourth-order valence-electron chi connectivity index (χ4n) is 2.78. The Balaban J connectivity index is 1.98. The number of rotatable bonds is 1. The van der Waals surface area contributed by atoms with E-state index >= 15 is 0 Å². The van der Waals surface area contributed by atoms with Gasteiger partial charge >= 0.3 is 0 Å². The molecule has 1 saturated heterocycles. The molecule has 0 spiro atoms. The molecule has 3 heterocycles. The minimum Gasteiger partial charge on any atom is -0.295 e. The molecule has 2 aliphatic rings. The molecule has 1 atom stereocenters. The third-order valence-corrected chi connectivity index (χ3v) is 4.09. The van der Waals surface area contributed by atoms with Crippen LogP contribution < -0.4 is 5.32 Å². The average Bonchev–Trinajstić information content (AvgIpc) is 2.71. The molecular weight excluding hydrogens is 298 g/mol. The Bertz CT molecular complexity index is 748. The predicted molar refractivity (Wildman–Crippen MR) is 79.6 cm³/mol. The zero-order valence-corrected chi connectivity index (χ0v) is 13.2. The van der Waals surface area contributed by atoms with Crippen molar-refractivity contribution in [3.8, 4) is 0 Å². The van der Waals surface area contributed by atoms with Crippen LogP contribution >= 0.6 is 0 Å². The molecule has 2 aliphatic heterocycles. The lowest BCUT2D eigenvalue weighted by atomic mass is 9.90. The number of nitrogens with zero attached hydrogens (tertiary/aromatic N) is 2. The maximum Gasteiger partial charge on any atom is 0.263 e. The minimum atomic E-state index is -0.946. The highest BCUT2D eigenvalue weighted by Gasteiger charge is 2.45. The number of hydrogen-bond acceptors (Lipinski definition) is 5. The molecule has 0 bridgehead atoms. The first-order valence-corrected chi connectivity index (χ1v) is 7.42. The monoisotopic (exact) mass is 315 g/mol. The number of aromatic nitrogens is 1. The molecular formula is C16H17N3O4. The highest BCUT2D eigenvalue weighted by Crippen LogP contribution is 2.30. The zero-order valence-electron chi connectivity index (χ0n) is 13.2. The van der Waals surface area contributed by atoms with E-state index < -0.39 is 23.8 Å². The van der Waals surface area contributed by atoms with E-state index in [2.05, 4.69) is 10.3 Å². The van der Waals surface area contributed by atoms with Gasteiger partial charge in [-0.05, 0) is 12.5 Å². The van der Waals surface area contributed by atoms with E-state index in [1.54, 1.807) is 6.07 Å². The van der Waals surface area contributed by atoms with Crippen molar-refractivity contribution in [3.63, 3.8) is 0 Å². The summed E-state index contributed by atoms with van der Waals surface area (Å²) in [5.74, 6) is -2.04. The first-order chi connectivity index (χ1) is 10.7. The molecule has 0 aromatic carbocycles. The number of nitrogens with one attached hydrogen (secondary N) is 1. The van der Waals surface area contributed by atoms with Crippen LogP contribution in [0.3, 0.4) is 0 Å². The van der Waals surface area contributed by atoms with E-state index in [1.165, 1.54) is 6.20 Å². The molecule has 1 fully saturated rings. The Labute approximate surface area is 133 Å². The zero-order chi connectivity index (χ0) is 16.9. The summed E-state index contributed by atoms with van der Waals surface area (Å²) in [6, 6.07) is 0.666. The SMILES string of the molecule is CC(C)(C)c1cc2c(cn1)C(=O)N(C1CCC(=O)NC1=O)C2=O. The van der Waals surface area contributed by atoms with Crippen molar-refractivity contribution in [1.29, 1.82) is 0 Å². The first kappa shape index (κ1) is 15.3. The fraction of sp³-hybridized carbons (Fsp3) is 0.438.